The molecule has 160 valence electrons. The summed E-state index contributed by atoms with van der Waals surface area (Å²) < 4.78 is 32.0. The van der Waals surface area contributed by atoms with Crippen molar-refractivity contribution >= 4 is 33.2 Å². The van der Waals surface area contributed by atoms with E-state index < -0.39 is 15.9 Å². The first-order valence-corrected chi connectivity index (χ1v) is 11.1. The van der Waals surface area contributed by atoms with Crippen molar-refractivity contribution in [3.05, 3.63) is 48.0 Å². The van der Waals surface area contributed by atoms with E-state index in [-0.39, 0.29) is 29.7 Å². The number of nitrogens with zero attached hydrogens (tertiary/aromatic N) is 1. The number of amides is 2. The van der Waals surface area contributed by atoms with Crippen LogP contribution in [0.2, 0.25) is 0 Å². The summed E-state index contributed by atoms with van der Waals surface area (Å²) in [6.07, 6.45) is 0.0899. The van der Waals surface area contributed by atoms with Gasteiger partial charge in [0.05, 0.1) is 17.4 Å². The molecule has 1 aliphatic rings. The normalized spacial score (nSPS) is 16.6. The van der Waals surface area contributed by atoms with Crippen molar-refractivity contribution in [2.45, 2.75) is 25.2 Å². The lowest BCUT2D eigenvalue weighted by atomic mass is 10.1. The summed E-state index contributed by atoms with van der Waals surface area (Å²) >= 11 is 0. The van der Waals surface area contributed by atoms with Gasteiger partial charge in [-0.25, -0.2) is 13.1 Å². The van der Waals surface area contributed by atoms with Crippen molar-refractivity contribution in [2.24, 2.45) is 5.92 Å². The third kappa shape index (κ3) is 4.63. The third-order valence-corrected chi connectivity index (χ3v) is 6.53. The number of hydrogen-bond acceptors (Lipinski definition) is 5. The molecule has 1 aliphatic heterocycles. The van der Waals surface area contributed by atoms with Crippen LogP contribution in [0, 0.1) is 12.8 Å². The monoisotopic (exact) mass is 431 g/mol. The van der Waals surface area contributed by atoms with Gasteiger partial charge >= 0.3 is 0 Å². The molecule has 1 atom stereocenters. The molecule has 2 aromatic carbocycles. The minimum Gasteiger partial charge on any atom is -0.494 e. The van der Waals surface area contributed by atoms with Gasteiger partial charge < -0.3 is 15.0 Å². The molecular formula is C21H25N3O5S. The highest BCUT2D eigenvalue weighted by Gasteiger charge is 2.35. The first kappa shape index (κ1) is 21.8. The van der Waals surface area contributed by atoms with E-state index in [0.717, 1.165) is 0 Å². The van der Waals surface area contributed by atoms with Crippen LogP contribution in [0.25, 0.3) is 0 Å². The smallest absolute Gasteiger partial charge is 0.240 e. The van der Waals surface area contributed by atoms with E-state index in [1.807, 2.05) is 6.92 Å². The Balaban J connectivity index is 1.71. The molecule has 1 unspecified atom stereocenters. The number of carbonyl (C=O) groups is 2. The molecule has 8 nitrogen and oxygen atoms in total. The van der Waals surface area contributed by atoms with Crippen LogP contribution in [-0.4, -0.2) is 40.4 Å². The van der Waals surface area contributed by atoms with E-state index in [9.17, 15) is 18.0 Å². The molecule has 0 spiro atoms. The molecule has 9 heteroatoms. The number of carbonyl (C=O) groups excluding carboxylic acids is 2. The van der Waals surface area contributed by atoms with Crippen molar-refractivity contribution in [3.63, 3.8) is 0 Å². The van der Waals surface area contributed by atoms with Gasteiger partial charge in [0.15, 0.2) is 0 Å². The third-order valence-electron chi connectivity index (χ3n) is 4.97. The molecule has 0 aromatic heterocycles. The van der Waals surface area contributed by atoms with Crippen molar-refractivity contribution in [3.8, 4) is 5.75 Å². The molecule has 30 heavy (non-hydrogen) atoms. The predicted molar refractivity (Wildman–Crippen MR) is 114 cm³/mol. The van der Waals surface area contributed by atoms with E-state index >= 15 is 0 Å². The van der Waals surface area contributed by atoms with Crippen molar-refractivity contribution in [1.82, 2.24) is 4.72 Å². The first-order chi connectivity index (χ1) is 14.2. The van der Waals surface area contributed by atoms with Crippen LogP contribution in [0.1, 0.15) is 18.9 Å². The molecule has 3 rings (SSSR count). The Morgan fingerprint density at radius 2 is 1.90 bits per heavy atom. The van der Waals surface area contributed by atoms with E-state index in [2.05, 4.69) is 10.0 Å². The second kappa shape index (κ2) is 8.85. The van der Waals surface area contributed by atoms with Crippen molar-refractivity contribution in [2.75, 3.05) is 30.4 Å². The number of benzene rings is 2. The Labute approximate surface area is 176 Å². The summed E-state index contributed by atoms with van der Waals surface area (Å²) in [4.78, 5) is 26.8. The highest BCUT2D eigenvalue weighted by atomic mass is 32.2. The fourth-order valence-corrected chi connectivity index (χ4v) is 4.34. The average Bonchev–Trinajstić information content (AvgIpc) is 3.12. The molecule has 0 bridgehead atoms. The zero-order valence-electron chi connectivity index (χ0n) is 17.1. The molecule has 0 aliphatic carbocycles. The number of anilines is 2. The Morgan fingerprint density at radius 3 is 2.53 bits per heavy atom. The molecule has 0 saturated carbocycles. The predicted octanol–water partition coefficient (Wildman–Crippen LogP) is 2.29. The second-order valence-electron chi connectivity index (χ2n) is 7.01. The van der Waals surface area contributed by atoms with Gasteiger partial charge in [-0.3, -0.25) is 9.59 Å². The fourth-order valence-electron chi connectivity index (χ4n) is 3.34. The average molecular weight is 432 g/mol. The molecule has 2 amide bonds. The quantitative estimate of drug-likeness (QED) is 0.700. The summed E-state index contributed by atoms with van der Waals surface area (Å²) in [5, 5.41) is 2.74. The first-order valence-electron chi connectivity index (χ1n) is 9.63. The Hall–Kier alpha value is -2.91. The van der Waals surface area contributed by atoms with Gasteiger partial charge in [0.1, 0.15) is 5.75 Å². The number of nitrogens with one attached hydrogen (secondary N) is 2. The summed E-state index contributed by atoms with van der Waals surface area (Å²) in [5.41, 5.74) is 1.64. The minimum absolute atomic E-state index is 0.0899. The van der Waals surface area contributed by atoms with Gasteiger partial charge in [0.25, 0.3) is 0 Å². The summed E-state index contributed by atoms with van der Waals surface area (Å²) in [6.45, 7) is 4.39. The van der Waals surface area contributed by atoms with Gasteiger partial charge in [-0.1, -0.05) is 6.07 Å². The maximum Gasteiger partial charge on any atom is 0.240 e. The van der Waals surface area contributed by atoms with Crippen molar-refractivity contribution < 1.29 is 22.7 Å². The topological polar surface area (TPSA) is 105 Å². The molecule has 1 fully saturated rings. The van der Waals surface area contributed by atoms with Crippen LogP contribution in [0.4, 0.5) is 11.4 Å². The molecule has 1 heterocycles. The largest absolute Gasteiger partial charge is 0.494 e. The lowest BCUT2D eigenvalue weighted by molar-refractivity contribution is -0.122. The Bertz CT molecular complexity index is 1050. The minimum atomic E-state index is -3.64. The number of hydrogen-bond donors (Lipinski definition) is 2. The van der Waals surface area contributed by atoms with Gasteiger partial charge in [0.2, 0.25) is 21.8 Å². The zero-order chi connectivity index (χ0) is 21.9. The molecule has 1 saturated heterocycles. The van der Waals surface area contributed by atoms with Crippen LogP contribution in [0.3, 0.4) is 0 Å². The molecule has 2 aromatic rings. The summed E-state index contributed by atoms with van der Waals surface area (Å²) in [5.74, 6) is -0.279. The summed E-state index contributed by atoms with van der Waals surface area (Å²) in [7, 11) is -2.31. The van der Waals surface area contributed by atoms with E-state index in [4.69, 9.17) is 4.74 Å². The second-order valence-corrected chi connectivity index (χ2v) is 8.86. The zero-order valence-corrected chi connectivity index (χ0v) is 18.0. The Morgan fingerprint density at radius 1 is 1.20 bits per heavy atom. The fraction of sp³-hybridized carbons (Fsp3) is 0.333. The van der Waals surface area contributed by atoms with E-state index in [1.165, 1.54) is 13.1 Å². The number of rotatable bonds is 7. The van der Waals surface area contributed by atoms with Crippen LogP contribution >= 0.6 is 0 Å². The summed E-state index contributed by atoms with van der Waals surface area (Å²) in [6, 6.07) is 11.8. The highest BCUT2D eigenvalue weighted by molar-refractivity contribution is 7.89. The molecule has 2 N–H and O–H groups in total. The van der Waals surface area contributed by atoms with Crippen LogP contribution in [0.15, 0.2) is 47.4 Å². The lowest BCUT2D eigenvalue weighted by Crippen LogP contribution is -2.28. The maximum atomic E-state index is 12.7. The molecule has 0 radical (unpaired) electrons. The lowest BCUT2D eigenvalue weighted by Gasteiger charge is -2.17. The van der Waals surface area contributed by atoms with E-state index in [0.29, 0.717) is 29.3 Å². The number of ether oxygens (including phenoxy) is 1. The van der Waals surface area contributed by atoms with Crippen LogP contribution in [0.5, 0.6) is 5.75 Å². The van der Waals surface area contributed by atoms with Gasteiger partial charge in [0, 0.05) is 24.3 Å². The SMILES string of the molecule is CCOc1ccc(N2CC(C(=O)Nc3ccc(C)c(S(=O)(=O)NC)c3)CC2=O)cc1. The molecular weight excluding hydrogens is 406 g/mol. The number of aryl methyl sites for hydroxylation is 1. The standard InChI is InChI=1S/C21H25N3O5S/c1-4-29-18-9-7-17(8-10-18)24-13-15(11-20(24)25)21(26)23-16-6-5-14(2)19(12-16)30(27,28)22-3/h5-10,12,15,22H,4,11,13H2,1-3H3,(H,23,26). The van der Waals surface area contributed by atoms with Gasteiger partial charge in [-0.05, 0) is 62.9 Å². The van der Waals surface area contributed by atoms with Crippen molar-refractivity contribution in [1.29, 1.82) is 0 Å². The number of sulfonamides is 1. The van der Waals surface area contributed by atoms with Crippen LogP contribution in [-0.2, 0) is 19.6 Å². The van der Waals surface area contributed by atoms with Gasteiger partial charge in [-0.2, -0.15) is 0 Å². The Kier molecular flexibility index (Phi) is 6.42. The van der Waals surface area contributed by atoms with Gasteiger partial charge in [-0.15, -0.1) is 0 Å². The van der Waals surface area contributed by atoms with Crippen LogP contribution < -0.4 is 19.7 Å². The maximum absolute atomic E-state index is 12.7. The highest BCUT2D eigenvalue weighted by Crippen LogP contribution is 2.28. The van der Waals surface area contributed by atoms with E-state index in [1.54, 1.807) is 48.2 Å².